The highest BCUT2D eigenvalue weighted by atomic mass is 17.2. The lowest BCUT2D eigenvalue weighted by molar-refractivity contribution is -0.349. The third-order valence-electron chi connectivity index (χ3n) is 9.61. The highest BCUT2D eigenvalue weighted by molar-refractivity contribution is 5.68. The molecule has 0 aromatic carbocycles. The summed E-state index contributed by atoms with van der Waals surface area (Å²) in [5.74, 6) is -0.801. The van der Waals surface area contributed by atoms with Crippen LogP contribution in [0, 0.1) is 0 Å². The molecule has 1 fully saturated rings. The van der Waals surface area contributed by atoms with Crippen molar-refractivity contribution in [3.8, 4) is 0 Å². The van der Waals surface area contributed by atoms with Crippen molar-refractivity contribution < 1.29 is 19.7 Å². The van der Waals surface area contributed by atoms with Crippen LogP contribution in [0.4, 0.5) is 0 Å². The molecule has 1 aliphatic heterocycles. The van der Waals surface area contributed by atoms with Crippen LogP contribution >= 0.6 is 0 Å². The number of carboxylic acids is 1. The van der Waals surface area contributed by atoms with E-state index >= 15 is 0 Å². The van der Waals surface area contributed by atoms with Gasteiger partial charge in [-0.3, -0.25) is 4.79 Å². The Labute approximate surface area is 262 Å². The molecule has 1 atom stereocenters. The Morgan fingerprint density at radius 2 is 0.786 bits per heavy atom. The van der Waals surface area contributed by atoms with Crippen molar-refractivity contribution in [2.45, 2.75) is 237 Å². The lowest BCUT2D eigenvalue weighted by Crippen LogP contribution is -2.32. The molecule has 0 amide bonds. The predicted molar refractivity (Wildman–Crippen MR) is 180 cm³/mol. The Bertz CT molecular complexity index is 574. The Hall–Kier alpha value is -0.610. The average molecular weight is 595 g/mol. The van der Waals surface area contributed by atoms with Crippen molar-refractivity contribution in [3.05, 3.63) is 0 Å². The SMILES string of the molecule is CCCCCCCCCCCCCCCCC1(CCCCCCCCCCCCCCCC)C[C@](C)(CC(=O)O)OO1. The van der Waals surface area contributed by atoms with Crippen LogP contribution in [0.1, 0.15) is 226 Å². The minimum atomic E-state index is -0.801. The second kappa shape index (κ2) is 26.8. The molecule has 42 heavy (non-hydrogen) atoms. The molecule has 1 saturated heterocycles. The topological polar surface area (TPSA) is 55.8 Å². The van der Waals surface area contributed by atoms with E-state index in [2.05, 4.69) is 13.8 Å². The first-order valence-electron chi connectivity index (χ1n) is 19.0. The van der Waals surface area contributed by atoms with Crippen LogP contribution < -0.4 is 0 Å². The molecule has 0 spiro atoms. The van der Waals surface area contributed by atoms with Crippen molar-refractivity contribution >= 4 is 5.97 Å². The lowest BCUT2D eigenvalue weighted by atomic mass is 9.80. The van der Waals surface area contributed by atoms with Gasteiger partial charge in [0.1, 0.15) is 11.2 Å². The molecular weight excluding hydrogens is 520 g/mol. The first kappa shape index (κ1) is 39.4. The van der Waals surface area contributed by atoms with Gasteiger partial charge in [-0.1, -0.05) is 194 Å². The van der Waals surface area contributed by atoms with E-state index in [9.17, 15) is 9.90 Å². The number of hydrogen-bond donors (Lipinski definition) is 1. The van der Waals surface area contributed by atoms with E-state index in [0.717, 1.165) is 25.7 Å². The first-order valence-corrected chi connectivity index (χ1v) is 19.0. The number of carbonyl (C=O) groups is 1. The molecular formula is C38H74O4. The summed E-state index contributed by atoms with van der Waals surface area (Å²) in [6, 6.07) is 0. The zero-order valence-electron chi connectivity index (χ0n) is 28.8. The average Bonchev–Trinajstić information content (AvgIpc) is 3.28. The zero-order valence-corrected chi connectivity index (χ0v) is 28.8. The van der Waals surface area contributed by atoms with Gasteiger partial charge in [-0.25, -0.2) is 9.78 Å². The van der Waals surface area contributed by atoms with Gasteiger partial charge in [0.05, 0.1) is 6.42 Å². The van der Waals surface area contributed by atoms with Crippen LogP contribution in [0.2, 0.25) is 0 Å². The molecule has 1 heterocycles. The third-order valence-corrected chi connectivity index (χ3v) is 9.61. The quantitative estimate of drug-likeness (QED) is 0.0621. The summed E-state index contributed by atoms with van der Waals surface area (Å²) in [7, 11) is 0. The third kappa shape index (κ3) is 22.0. The molecule has 250 valence electrons. The van der Waals surface area contributed by atoms with Crippen molar-refractivity contribution in [1.29, 1.82) is 0 Å². The summed E-state index contributed by atoms with van der Waals surface area (Å²) in [5, 5.41) is 9.39. The summed E-state index contributed by atoms with van der Waals surface area (Å²) in [4.78, 5) is 23.2. The lowest BCUT2D eigenvalue weighted by Gasteiger charge is -2.27. The predicted octanol–water partition coefficient (Wildman–Crippen LogP) is 13.1. The van der Waals surface area contributed by atoms with Crippen LogP contribution in [0.3, 0.4) is 0 Å². The molecule has 0 aliphatic carbocycles. The molecule has 1 rings (SSSR count). The summed E-state index contributed by atoms with van der Waals surface area (Å²) in [6.45, 7) is 6.49. The maximum atomic E-state index is 11.4. The standard InChI is InChI=1S/C38H74O4/c1-4-6-8-10-12-14-16-18-20-22-24-26-28-30-32-38(35-37(3,41-42-38)34-36(39)40)33-31-29-27-25-23-21-19-17-15-13-11-9-7-5-2/h4-35H2,1-3H3,(H,39,40)/t37-/m0/s1. The fourth-order valence-electron chi connectivity index (χ4n) is 7.01. The van der Waals surface area contributed by atoms with Crippen molar-refractivity contribution in [1.82, 2.24) is 0 Å². The van der Waals surface area contributed by atoms with Gasteiger partial charge in [0.15, 0.2) is 0 Å². The molecule has 0 bridgehead atoms. The fraction of sp³-hybridized carbons (Fsp3) is 0.974. The van der Waals surface area contributed by atoms with Gasteiger partial charge in [0, 0.05) is 6.42 Å². The van der Waals surface area contributed by atoms with E-state index in [-0.39, 0.29) is 12.0 Å². The number of carboxylic acid groups (broad SMARTS) is 1. The van der Waals surface area contributed by atoms with E-state index in [1.165, 1.54) is 167 Å². The van der Waals surface area contributed by atoms with Gasteiger partial charge in [-0.15, -0.1) is 0 Å². The van der Waals surface area contributed by atoms with Gasteiger partial charge in [-0.2, -0.15) is 0 Å². The normalized spacial score (nSPS) is 18.2. The number of hydrogen-bond acceptors (Lipinski definition) is 3. The Morgan fingerprint density at radius 1 is 0.500 bits per heavy atom. The number of unbranched alkanes of at least 4 members (excludes halogenated alkanes) is 26. The van der Waals surface area contributed by atoms with Crippen LogP contribution in [0.15, 0.2) is 0 Å². The van der Waals surface area contributed by atoms with Crippen LogP contribution in [0.5, 0.6) is 0 Å². The van der Waals surface area contributed by atoms with E-state index in [1.54, 1.807) is 0 Å². The second-order valence-electron chi connectivity index (χ2n) is 14.2. The fourth-order valence-corrected chi connectivity index (χ4v) is 7.01. The number of aliphatic carboxylic acids is 1. The summed E-state index contributed by atoms with van der Waals surface area (Å²) in [5.41, 5.74) is -0.990. The zero-order chi connectivity index (χ0) is 30.6. The van der Waals surface area contributed by atoms with E-state index < -0.39 is 11.6 Å². The van der Waals surface area contributed by atoms with E-state index in [4.69, 9.17) is 9.78 Å². The monoisotopic (exact) mass is 595 g/mol. The molecule has 0 aromatic heterocycles. The van der Waals surface area contributed by atoms with Crippen LogP contribution in [-0.4, -0.2) is 22.3 Å². The van der Waals surface area contributed by atoms with E-state index in [1.807, 2.05) is 6.92 Å². The second-order valence-corrected chi connectivity index (χ2v) is 14.2. The maximum Gasteiger partial charge on any atom is 0.306 e. The van der Waals surface area contributed by atoms with Crippen molar-refractivity contribution in [2.24, 2.45) is 0 Å². The summed E-state index contributed by atoms with van der Waals surface area (Å²) < 4.78 is 0. The number of rotatable bonds is 32. The Kier molecular flexibility index (Phi) is 25.1. The van der Waals surface area contributed by atoms with Gasteiger partial charge in [0.25, 0.3) is 0 Å². The van der Waals surface area contributed by atoms with Crippen molar-refractivity contribution in [2.75, 3.05) is 0 Å². The molecule has 1 N–H and O–H groups in total. The first-order chi connectivity index (χ1) is 20.5. The largest absolute Gasteiger partial charge is 0.481 e. The Balaban J connectivity index is 2.15. The van der Waals surface area contributed by atoms with Crippen molar-refractivity contribution in [3.63, 3.8) is 0 Å². The molecule has 1 aliphatic rings. The van der Waals surface area contributed by atoms with Gasteiger partial charge < -0.3 is 5.11 Å². The molecule has 0 aromatic rings. The minimum Gasteiger partial charge on any atom is -0.481 e. The maximum absolute atomic E-state index is 11.4. The smallest absolute Gasteiger partial charge is 0.306 e. The molecule has 0 unspecified atom stereocenters. The summed E-state index contributed by atoms with van der Waals surface area (Å²) >= 11 is 0. The van der Waals surface area contributed by atoms with Gasteiger partial charge >= 0.3 is 5.97 Å². The van der Waals surface area contributed by atoms with Crippen LogP contribution in [-0.2, 0) is 14.6 Å². The molecule has 4 heteroatoms. The molecule has 4 nitrogen and oxygen atoms in total. The Morgan fingerprint density at radius 3 is 1.07 bits per heavy atom. The van der Waals surface area contributed by atoms with Gasteiger partial charge in [-0.05, 0) is 19.8 Å². The minimum absolute atomic E-state index is 0.0201. The molecule has 0 saturated carbocycles. The highest BCUT2D eigenvalue weighted by Crippen LogP contribution is 2.44. The van der Waals surface area contributed by atoms with Gasteiger partial charge in [0.2, 0.25) is 0 Å². The molecule has 0 radical (unpaired) electrons. The van der Waals surface area contributed by atoms with E-state index in [0.29, 0.717) is 6.42 Å². The summed E-state index contributed by atoms with van der Waals surface area (Å²) in [6.07, 6.45) is 40.9. The highest BCUT2D eigenvalue weighted by Gasteiger charge is 2.49. The van der Waals surface area contributed by atoms with Crippen LogP contribution in [0.25, 0.3) is 0 Å².